The van der Waals surface area contributed by atoms with Crippen LogP contribution in [0.2, 0.25) is 0 Å². The van der Waals surface area contributed by atoms with Gasteiger partial charge < -0.3 is 4.74 Å². The number of hydrogen-bond donors (Lipinski definition) is 0. The molecule has 1 aliphatic carbocycles. The maximum absolute atomic E-state index is 11.7. The normalized spacial score (nSPS) is 20.3. The first-order valence-electron chi connectivity index (χ1n) is 9.87. The van der Waals surface area contributed by atoms with E-state index in [-0.39, 0.29) is 23.4 Å². The van der Waals surface area contributed by atoms with E-state index in [2.05, 4.69) is 6.07 Å². The molecule has 0 amide bonds. The molecule has 2 aromatic rings. The Morgan fingerprint density at radius 1 is 1.23 bits per heavy atom. The van der Waals surface area contributed by atoms with Crippen LogP contribution in [0.5, 0.6) is 5.75 Å². The van der Waals surface area contributed by atoms with E-state index in [0.717, 1.165) is 41.1 Å². The molecule has 7 nitrogen and oxygen atoms in total. The molecule has 4 rings (SSSR count). The summed E-state index contributed by atoms with van der Waals surface area (Å²) in [5.74, 6) is 0.903. The highest BCUT2D eigenvalue weighted by Crippen LogP contribution is 2.45. The summed E-state index contributed by atoms with van der Waals surface area (Å²) < 4.78 is 5.36. The number of hydrogen-bond acceptors (Lipinski definition) is 6. The van der Waals surface area contributed by atoms with Gasteiger partial charge in [-0.1, -0.05) is 12.1 Å². The van der Waals surface area contributed by atoms with Gasteiger partial charge in [0.15, 0.2) is 5.78 Å². The van der Waals surface area contributed by atoms with Crippen LogP contribution in [0.3, 0.4) is 0 Å². The van der Waals surface area contributed by atoms with Crippen molar-refractivity contribution in [1.82, 2.24) is 5.01 Å². The quantitative estimate of drug-likeness (QED) is 0.418. The average molecular weight is 405 g/mol. The third kappa shape index (κ3) is 3.47. The van der Waals surface area contributed by atoms with Gasteiger partial charge in [0.05, 0.1) is 23.8 Å². The molecule has 0 radical (unpaired) electrons. The van der Waals surface area contributed by atoms with Crippen molar-refractivity contribution in [2.45, 2.75) is 32.7 Å². The summed E-state index contributed by atoms with van der Waals surface area (Å²) in [6, 6.07) is 12.5. The lowest BCUT2D eigenvalue weighted by Gasteiger charge is -2.31. The lowest BCUT2D eigenvalue weighted by Crippen LogP contribution is -2.28. The second-order valence-corrected chi connectivity index (χ2v) is 7.69. The van der Waals surface area contributed by atoms with Crippen LogP contribution in [0.1, 0.15) is 43.0 Å². The van der Waals surface area contributed by atoms with E-state index in [1.165, 1.54) is 24.6 Å². The number of allylic oxidation sites excluding steroid dienone is 2. The molecule has 0 spiro atoms. The average Bonchev–Trinajstić information content (AvgIpc) is 3.13. The minimum absolute atomic E-state index is 0.0462. The molecular weight excluding hydrogens is 382 g/mol. The molecule has 0 aromatic heterocycles. The van der Waals surface area contributed by atoms with Gasteiger partial charge in [0.25, 0.3) is 5.69 Å². The number of fused-ring (bicyclic) bond motifs is 3. The molecular formula is C23H23N3O4. The Labute approximate surface area is 174 Å². The van der Waals surface area contributed by atoms with Crippen molar-refractivity contribution in [3.05, 3.63) is 81.0 Å². The van der Waals surface area contributed by atoms with E-state index in [9.17, 15) is 14.9 Å². The van der Waals surface area contributed by atoms with Crippen LogP contribution in [-0.2, 0) is 11.2 Å². The van der Waals surface area contributed by atoms with Crippen LogP contribution in [0.15, 0.2) is 59.3 Å². The first kappa shape index (κ1) is 19.8. The third-order valence-electron chi connectivity index (χ3n) is 5.74. The molecule has 0 unspecified atom stereocenters. The molecule has 2 aromatic carbocycles. The largest absolute Gasteiger partial charge is 0.497 e. The number of aryl methyl sites for hydroxylation is 1. The number of nitro benzene ring substituents is 1. The zero-order valence-corrected chi connectivity index (χ0v) is 17.2. The van der Waals surface area contributed by atoms with Crippen molar-refractivity contribution in [3.8, 4) is 5.75 Å². The molecule has 2 atom stereocenters. The number of ketones is 1. The summed E-state index contributed by atoms with van der Waals surface area (Å²) in [5, 5.41) is 17.9. The fourth-order valence-corrected chi connectivity index (χ4v) is 4.41. The SMILES string of the molecule is COc1ccc2c(c1)CC[C@@H]1C2=NN(/C(C)=C/C(C)=O)[C@H]1c1ccc([N+](=O)[O-])cc1. The van der Waals surface area contributed by atoms with Gasteiger partial charge in [-0.3, -0.25) is 19.9 Å². The maximum Gasteiger partial charge on any atom is 0.269 e. The fraction of sp³-hybridized carbons (Fsp3) is 0.304. The molecule has 1 aliphatic heterocycles. The summed E-state index contributed by atoms with van der Waals surface area (Å²) in [5.41, 5.74) is 5.03. The number of nitrogens with zero attached hydrogens (tertiary/aromatic N) is 3. The van der Waals surface area contributed by atoms with Gasteiger partial charge in [0.1, 0.15) is 5.75 Å². The lowest BCUT2D eigenvalue weighted by atomic mass is 9.77. The van der Waals surface area contributed by atoms with Crippen LogP contribution in [0, 0.1) is 16.0 Å². The summed E-state index contributed by atoms with van der Waals surface area (Å²) >= 11 is 0. The molecule has 30 heavy (non-hydrogen) atoms. The minimum atomic E-state index is -0.400. The number of hydrazone groups is 1. The van der Waals surface area contributed by atoms with Gasteiger partial charge in [-0.15, -0.1) is 0 Å². The van der Waals surface area contributed by atoms with Gasteiger partial charge in [-0.05, 0) is 56.0 Å². The number of carbonyl (C=O) groups excluding carboxylic acids is 1. The van der Waals surface area contributed by atoms with Crippen LogP contribution < -0.4 is 4.74 Å². The lowest BCUT2D eigenvalue weighted by molar-refractivity contribution is -0.384. The predicted molar refractivity (Wildman–Crippen MR) is 113 cm³/mol. The van der Waals surface area contributed by atoms with E-state index in [0.29, 0.717) is 0 Å². The number of carbonyl (C=O) groups is 1. The second-order valence-electron chi connectivity index (χ2n) is 7.69. The Morgan fingerprint density at radius 3 is 2.60 bits per heavy atom. The first-order chi connectivity index (χ1) is 14.4. The number of rotatable bonds is 5. The Bertz CT molecular complexity index is 1070. The molecule has 0 saturated carbocycles. The summed E-state index contributed by atoms with van der Waals surface area (Å²) in [6.07, 6.45) is 3.36. The summed E-state index contributed by atoms with van der Waals surface area (Å²) in [7, 11) is 1.66. The molecule has 154 valence electrons. The standard InChI is InChI=1S/C23H23N3O4/c1-14(12-15(2)27)25-23(16-4-7-18(8-5-16)26(28)29)21-10-6-17-13-19(30-3)9-11-20(17)22(21)24-25/h4-5,7-9,11-13,21,23H,6,10H2,1-3H3/b14-12+/t21-,23+/m1/s1. The molecule has 0 bridgehead atoms. The van der Waals surface area contributed by atoms with Gasteiger partial charge in [0.2, 0.25) is 0 Å². The minimum Gasteiger partial charge on any atom is -0.497 e. The Kier molecular flexibility index (Phi) is 5.11. The van der Waals surface area contributed by atoms with E-state index >= 15 is 0 Å². The first-order valence-corrected chi connectivity index (χ1v) is 9.87. The van der Waals surface area contributed by atoms with Crippen molar-refractivity contribution < 1.29 is 14.5 Å². The van der Waals surface area contributed by atoms with Crippen molar-refractivity contribution in [2.24, 2.45) is 11.0 Å². The van der Waals surface area contributed by atoms with Gasteiger partial charge in [0, 0.05) is 35.4 Å². The van der Waals surface area contributed by atoms with E-state index in [1.54, 1.807) is 25.3 Å². The topological polar surface area (TPSA) is 85.0 Å². The summed E-state index contributed by atoms with van der Waals surface area (Å²) in [6.45, 7) is 3.39. The Hall–Kier alpha value is -3.48. The fourth-order valence-electron chi connectivity index (χ4n) is 4.41. The van der Waals surface area contributed by atoms with Gasteiger partial charge in [-0.25, -0.2) is 0 Å². The van der Waals surface area contributed by atoms with E-state index in [1.807, 2.05) is 24.1 Å². The van der Waals surface area contributed by atoms with Gasteiger partial charge >= 0.3 is 0 Å². The van der Waals surface area contributed by atoms with Crippen LogP contribution in [0.25, 0.3) is 0 Å². The zero-order chi connectivity index (χ0) is 21.4. The van der Waals surface area contributed by atoms with Gasteiger partial charge in [-0.2, -0.15) is 5.10 Å². The molecule has 1 heterocycles. The zero-order valence-electron chi connectivity index (χ0n) is 17.2. The molecule has 0 fully saturated rings. The van der Waals surface area contributed by atoms with Crippen molar-refractivity contribution >= 4 is 17.2 Å². The monoisotopic (exact) mass is 405 g/mol. The van der Waals surface area contributed by atoms with E-state index in [4.69, 9.17) is 9.84 Å². The number of methoxy groups -OCH3 is 1. The summed E-state index contributed by atoms with van der Waals surface area (Å²) in [4.78, 5) is 22.4. The molecule has 2 aliphatic rings. The molecule has 0 N–H and O–H groups in total. The highest BCUT2D eigenvalue weighted by atomic mass is 16.6. The van der Waals surface area contributed by atoms with E-state index < -0.39 is 4.92 Å². The van der Waals surface area contributed by atoms with Crippen molar-refractivity contribution in [1.29, 1.82) is 0 Å². The number of nitro groups is 1. The molecule has 7 heteroatoms. The van der Waals surface area contributed by atoms with Crippen LogP contribution in [0.4, 0.5) is 5.69 Å². The number of non-ortho nitro benzene ring substituents is 1. The number of ether oxygens (including phenoxy) is 1. The smallest absolute Gasteiger partial charge is 0.269 e. The third-order valence-corrected chi connectivity index (χ3v) is 5.74. The van der Waals surface area contributed by atoms with Crippen LogP contribution in [-0.4, -0.2) is 28.5 Å². The number of benzene rings is 2. The highest BCUT2D eigenvalue weighted by molar-refractivity contribution is 6.06. The van der Waals surface area contributed by atoms with Crippen LogP contribution >= 0.6 is 0 Å². The predicted octanol–water partition coefficient (Wildman–Crippen LogP) is 4.42. The molecule has 0 saturated heterocycles. The Morgan fingerprint density at radius 2 is 1.97 bits per heavy atom. The Balaban J connectivity index is 1.79. The van der Waals surface area contributed by atoms with Crippen molar-refractivity contribution in [2.75, 3.05) is 7.11 Å². The second kappa shape index (κ2) is 7.74. The highest BCUT2D eigenvalue weighted by Gasteiger charge is 2.42. The van der Waals surface area contributed by atoms with Crippen molar-refractivity contribution in [3.63, 3.8) is 0 Å². The maximum atomic E-state index is 11.7.